The number of carbonyl (C=O) groups is 1. The largest absolute Gasteiger partial charge is 0.465 e. The van der Waals surface area contributed by atoms with Crippen molar-refractivity contribution in [2.45, 2.75) is 25.9 Å². The monoisotopic (exact) mass is 457 g/mol. The van der Waals surface area contributed by atoms with Crippen molar-refractivity contribution in [3.63, 3.8) is 0 Å². The number of pyridine rings is 1. The SMILES string of the molecule is CCOC(=O)Cn1c(Cl)cnc(NC2CCN(S(C)(=O)=O)C2)c1=O.c1ccncc1. The minimum Gasteiger partial charge on any atom is -0.465 e. The normalized spacial score (nSPS) is 16.4. The van der Waals surface area contributed by atoms with Crippen molar-refractivity contribution in [1.29, 1.82) is 0 Å². The molecule has 1 aliphatic rings. The van der Waals surface area contributed by atoms with Crippen molar-refractivity contribution in [2.75, 3.05) is 31.3 Å². The predicted molar refractivity (Wildman–Crippen MR) is 113 cm³/mol. The van der Waals surface area contributed by atoms with Crippen LogP contribution < -0.4 is 10.9 Å². The lowest BCUT2D eigenvalue weighted by atomic mass is 10.2. The summed E-state index contributed by atoms with van der Waals surface area (Å²) in [5.41, 5.74) is -0.562. The van der Waals surface area contributed by atoms with Gasteiger partial charge in [0.25, 0.3) is 5.56 Å². The second-order valence-corrected chi connectivity index (χ2v) is 8.77. The molecule has 3 heterocycles. The molecule has 2 aromatic heterocycles. The Morgan fingerprint density at radius 2 is 2.03 bits per heavy atom. The van der Waals surface area contributed by atoms with Gasteiger partial charge in [-0.05, 0) is 25.5 Å². The predicted octanol–water partition coefficient (Wildman–Crippen LogP) is 0.987. The summed E-state index contributed by atoms with van der Waals surface area (Å²) < 4.78 is 30.2. The van der Waals surface area contributed by atoms with Gasteiger partial charge >= 0.3 is 5.97 Å². The van der Waals surface area contributed by atoms with E-state index in [2.05, 4.69) is 15.3 Å². The van der Waals surface area contributed by atoms with Gasteiger partial charge in [0.2, 0.25) is 10.0 Å². The van der Waals surface area contributed by atoms with Gasteiger partial charge in [0.05, 0.1) is 19.1 Å². The molecular formula is C18H24ClN5O5S. The fraction of sp³-hybridized carbons (Fsp3) is 0.444. The van der Waals surface area contributed by atoms with Crippen LogP contribution in [-0.4, -0.2) is 65.2 Å². The molecule has 10 nitrogen and oxygen atoms in total. The van der Waals surface area contributed by atoms with Crippen LogP contribution in [0.2, 0.25) is 5.15 Å². The first kappa shape index (κ1) is 23.8. The number of esters is 1. The first-order chi connectivity index (χ1) is 14.2. The number of sulfonamides is 1. The van der Waals surface area contributed by atoms with E-state index >= 15 is 0 Å². The van der Waals surface area contributed by atoms with E-state index in [0.717, 1.165) is 10.8 Å². The molecule has 0 aliphatic carbocycles. The van der Waals surface area contributed by atoms with Crippen LogP contribution in [0.15, 0.2) is 41.6 Å². The Morgan fingerprint density at radius 3 is 2.53 bits per heavy atom. The van der Waals surface area contributed by atoms with Crippen molar-refractivity contribution in [1.82, 2.24) is 18.8 Å². The molecule has 30 heavy (non-hydrogen) atoms. The third-order valence-corrected chi connectivity index (χ3v) is 5.70. The number of hydrogen-bond acceptors (Lipinski definition) is 8. The highest BCUT2D eigenvalue weighted by Gasteiger charge is 2.29. The molecule has 1 aliphatic heterocycles. The summed E-state index contributed by atoms with van der Waals surface area (Å²) in [4.78, 5) is 31.7. The van der Waals surface area contributed by atoms with Gasteiger partial charge in [0.1, 0.15) is 11.7 Å². The molecular weight excluding hydrogens is 434 g/mol. The molecule has 0 amide bonds. The molecule has 0 bridgehead atoms. The lowest BCUT2D eigenvalue weighted by molar-refractivity contribution is -0.143. The molecule has 0 radical (unpaired) electrons. The lowest BCUT2D eigenvalue weighted by Crippen LogP contribution is -2.34. The standard InChI is InChI=1S/C13H19ClN4O5S.C5H5N/c1-3-23-11(19)8-18-10(14)6-15-12(13(18)20)16-9-4-5-17(7-9)24(2,21)22;1-2-4-6-5-3-1/h6,9H,3-5,7-8H2,1-2H3,(H,15,16);1-5H. The summed E-state index contributed by atoms with van der Waals surface area (Å²) in [6, 6.07) is 5.48. The summed E-state index contributed by atoms with van der Waals surface area (Å²) in [5.74, 6) is -0.563. The van der Waals surface area contributed by atoms with Gasteiger partial charge in [-0.2, -0.15) is 0 Å². The molecule has 0 aromatic carbocycles. The van der Waals surface area contributed by atoms with Crippen LogP contribution in [-0.2, 0) is 26.1 Å². The average Bonchev–Trinajstić information content (AvgIpc) is 3.19. The van der Waals surface area contributed by atoms with Crippen LogP contribution in [0.1, 0.15) is 13.3 Å². The number of aromatic nitrogens is 3. The second kappa shape index (κ2) is 11.0. The van der Waals surface area contributed by atoms with E-state index in [4.69, 9.17) is 16.3 Å². The molecule has 1 fully saturated rings. The van der Waals surface area contributed by atoms with E-state index in [0.29, 0.717) is 13.0 Å². The van der Waals surface area contributed by atoms with Crippen LogP contribution in [0.3, 0.4) is 0 Å². The van der Waals surface area contributed by atoms with Crippen molar-refractivity contribution in [2.24, 2.45) is 0 Å². The van der Waals surface area contributed by atoms with Crippen LogP contribution in [0.4, 0.5) is 5.82 Å². The minimum absolute atomic E-state index is 0.0165. The van der Waals surface area contributed by atoms with E-state index in [9.17, 15) is 18.0 Å². The molecule has 1 N–H and O–H groups in total. The van der Waals surface area contributed by atoms with E-state index in [1.807, 2.05) is 18.2 Å². The van der Waals surface area contributed by atoms with Crippen molar-refractivity contribution >= 4 is 33.4 Å². The molecule has 1 atom stereocenters. The topological polar surface area (TPSA) is 123 Å². The highest BCUT2D eigenvalue weighted by Crippen LogP contribution is 2.16. The zero-order chi connectivity index (χ0) is 22.1. The number of halogens is 1. The molecule has 0 saturated carbocycles. The average molecular weight is 458 g/mol. The Kier molecular flexibility index (Phi) is 8.75. The van der Waals surface area contributed by atoms with E-state index in [1.165, 1.54) is 10.5 Å². The molecule has 12 heteroatoms. The summed E-state index contributed by atoms with van der Waals surface area (Å²) in [7, 11) is -3.27. The van der Waals surface area contributed by atoms with Gasteiger partial charge in [-0.15, -0.1) is 0 Å². The van der Waals surface area contributed by atoms with Gasteiger partial charge in [-0.3, -0.25) is 19.1 Å². The zero-order valence-electron chi connectivity index (χ0n) is 16.7. The van der Waals surface area contributed by atoms with Gasteiger partial charge in [-0.25, -0.2) is 17.7 Å². The Morgan fingerprint density at radius 1 is 1.33 bits per heavy atom. The smallest absolute Gasteiger partial charge is 0.326 e. The maximum absolute atomic E-state index is 12.4. The van der Waals surface area contributed by atoms with Gasteiger partial charge in [0, 0.05) is 31.5 Å². The molecule has 1 unspecified atom stereocenters. The van der Waals surface area contributed by atoms with Crippen LogP contribution >= 0.6 is 11.6 Å². The first-order valence-electron chi connectivity index (χ1n) is 9.20. The second-order valence-electron chi connectivity index (χ2n) is 6.40. The molecule has 164 valence electrons. The Balaban J connectivity index is 0.000000456. The molecule has 3 rings (SSSR count). The highest BCUT2D eigenvalue weighted by atomic mass is 35.5. The van der Waals surface area contributed by atoms with E-state index in [-0.39, 0.29) is 36.7 Å². The molecule has 2 aromatic rings. The maximum atomic E-state index is 12.4. The molecule has 1 saturated heterocycles. The lowest BCUT2D eigenvalue weighted by Gasteiger charge is -2.16. The quantitative estimate of drug-likeness (QED) is 0.637. The number of nitrogens with one attached hydrogen (secondary N) is 1. The third-order valence-electron chi connectivity index (χ3n) is 4.13. The summed E-state index contributed by atoms with van der Waals surface area (Å²) in [6.45, 7) is 2.17. The fourth-order valence-electron chi connectivity index (χ4n) is 2.70. The third kappa shape index (κ3) is 7.08. The summed E-state index contributed by atoms with van der Waals surface area (Å²) >= 11 is 5.92. The zero-order valence-corrected chi connectivity index (χ0v) is 18.3. The number of hydrogen-bond donors (Lipinski definition) is 1. The summed E-state index contributed by atoms with van der Waals surface area (Å²) in [5, 5.41) is 2.94. The maximum Gasteiger partial charge on any atom is 0.326 e. The van der Waals surface area contributed by atoms with Crippen LogP contribution in [0, 0.1) is 0 Å². The Bertz CT molecular complexity index is 973. The van der Waals surface area contributed by atoms with Crippen LogP contribution in [0.5, 0.6) is 0 Å². The number of anilines is 1. The molecule has 0 spiro atoms. The van der Waals surface area contributed by atoms with Crippen LogP contribution in [0.25, 0.3) is 0 Å². The first-order valence-corrected chi connectivity index (χ1v) is 11.4. The summed E-state index contributed by atoms with van der Waals surface area (Å²) in [6.07, 6.45) is 6.45. The van der Waals surface area contributed by atoms with Gasteiger partial charge in [0.15, 0.2) is 5.82 Å². The Hall–Kier alpha value is -2.50. The number of nitrogens with zero attached hydrogens (tertiary/aromatic N) is 4. The fourth-order valence-corrected chi connectivity index (χ4v) is 3.78. The van der Waals surface area contributed by atoms with E-state index < -0.39 is 21.6 Å². The number of rotatable bonds is 6. The van der Waals surface area contributed by atoms with Gasteiger partial charge in [-0.1, -0.05) is 17.7 Å². The van der Waals surface area contributed by atoms with Crippen molar-refractivity contribution < 1.29 is 17.9 Å². The van der Waals surface area contributed by atoms with E-state index in [1.54, 1.807) is 19.3 Å². The van der Waals surface area contributed by atoms with Crippen molar-refractivity contribution in [3.05, 3.63) is 52.3 Å². The van der Waals surface area contributed by atoms with Crippen molar-refractivity contribution in [3.8, 4) is 0 Å². The highest BCUT2D eigenvalue weighted by molar-refractivity contribution is 7.88. The number of ether oxygens (including phenoxy) is 1. The minimum atomic E-state index is -3.27. The number of carbonyl (C=O) groups excluding carboxylic acids is 1. The Labute approximate surface area is 179 Å². The van der Waals surface area contributed by atoms with Gasteiger partial charge < -0.3 is 10.1 Å².